The summed E-state index contributed by atoms with van der Waals surface area (Å²) < 4.78 is 21.3. The van der Waals surface area contributed by atoms with Crippen LogP contribution in [0.15, 0.2) is 148 Å². The van der Waals surface area contributed by atoms with Gasteiger partial charge in [0.05, 0.1) is 34.8 Å². The molecule has 0 N–H and O–H groups in total. The van der Waals surface area contributed by atoms with E-state index in [0.29, 0.717) is 37.9 Å². The molecule has 85 heavy (non-hydrogen) atoms. The highest BCUT2D eigenvalue weighted by Crippen LogP contribution is 2.30. The monoisotopic (exact) mass is 1180 g/mol. The van der Waals surface area contributed by atoms with Crippen molar-refractivity contribution >= 4 is 81.3 Å². The first-order chi connectivity index (χ1) is 40.7. The summed E-state index contributed by atoms with van der Waals surface area (Å²) in [6, 6.07) is 33.4. The highest BCUT2D eigenvalue weighted by atomic mass is 28.4. The quantitative estimate of drug-likeness (QED) is 0.0287. The molecule has 0 bridgehead atoms. The van der Waals surface area contributed by atoms with Crippen molar-refractivity contribution in [2.45, 2.75) is 143 Å². The summed E-state index contributed by atoms with van der Waals surface area (Å²) in [5, 5.41) is 2.22. The molecular weight excluding hydrogens is 1100 g/mol. The number of benzene rings is 8. The standard InChI is InChI=1S/C70H76N2O11Si2/c1-9-43(3)41-81-49-25-19-45(20-26-49)47-23-29-51-53(35-47)65(75)57-39-61-59(37-55(57)63(51)73)67(77)71(69(61)79)31-15-11-13-17-33-84(5,6)83-85(7,8)34-18-14-12-16-32-72-68(78)60-38-56-58(40-62(60)70(72)80)66(76)54-36-48(24-30-52(54)64(56)74)46-21-27-50(28-22-46)82-42-44(4)10-2/h19-30,35-40,43-44H,9-18,31-34,41-42H2,1-8H3/t43-,44-/m0/s1. The van der Waals surface area contributed by atoms with Crippen molar-refractivity contribution in [3.8, 4) is 33.8 Å². The molecule has 0 unspecified atom stereocenters. The first-order valence-electron chi connectivity index (χ1n) is 30.4. The normalized spacial score (nSPS) is 13.1. The topological polar surface area (TPSA) is 174 Å². The van der Waals surface area contributed by atoms with Crippen LogP contribution in [0.3, 0.4) is 0 Å². The van der Waals surface area contributed by atoms with Crippen LogP contribution in [0.5, 0.6) is 11.5 Å². The summed E-state index contributed by atoms with van der Waals surface area (Å²) in [5.41, 5.74) is 0.0802. The average Bonchev–Trinajstić information content (AvgIpc) is 2.14. The maximum Gasteiger partial charge on any atom is 0.261 e. The molecule has 0 aliphatic heterocycles. The van der Waals surface area contributed by atoms with Crippen molar-refractivity contribution in [2.75, 3.05) is 13.2 Å². The number of hydrogen-bond acceptors (Lipinski definition) is 11. The fraction of sp³-hybridized carbons (Fsp3) is 0.371. The molecule has 15 heteroatoms. The number of ether oxygens (including phenoxy) is 2. The van der Waals surface area contributed by atoms with Crippen LogP contribution in [0, 0.1) is 11.8 Å². The van der Waals surface area contributed by atoms with Gasteiger partial charge in [0.15, 0.2) is 38.3 Å². The van der Waals surface area contributed by atoms with Gasteiger partial charge in [0.2, 0.25) is 0 Å². The molecule has 0 saturated carbocycles. The summed E-state index contributed by atoms with van der Waals surface area (Å²) in [6.07, 6.45) is 8.73. The van der Waals surface area contributed by atoms with Crippen LogP contribution in [-0.2, 0) is 17.2 Å². The molecule has 10 aromatic rings. The molecule has 0 aliphatic carbocycles. The van der Waals surface area contributed by atoms with Gasteiger partial charge in [0, 0.05) is 56.2 Å². The Bertz CT molecular complexity index is 4310. The molecule has 0 radical (unpaired) electrons. The zero-order valence-corrected chi connectivity index (χ0v) is 52.2. The Hall–Kier alpha value is -7.73. The lowest BCUT2D eigenvalue weighted by molar-refractivity contribution is 0.256. The summed E-state index contributed by atoms with van der Waals surface area (Å²) >= 11 is 0. The molecule has 10 rings (SSSR count). The van der Waals surface area contributed by atoms with Gasteiger partial charge in [0.1, 0.15) is 11.5 Å². The van der Waals surface area contributed by atoms with Gasteiger partial charge in [-0.15, -0.1) is 0 Å². The van der Waals surface area contributed by atoms with Crippen molar-refractivity contribution in [2.24, 2.45) is 11.8 Å². The maximum atomic E-state index is 14.0. The SMILES string of the molecule is CC[C@H](C)COc1ccc(-c2ccc3c(=O)c4cc5c(=O)n(CCCCCC[Si](C)(C)O[Si](C)(C)CCCCCCn6c(=O)c7cc8c(=O)c9ccc(-c%10ccc(OC[C@@H](C)CC)cc%10)cc9c(=O)c8cc7c6=O)c(=O)c5cc4c(=O)c3c2)cc1. The molecule has 2 aromatic heterocycles. The molecule has 0 saturated heterocycles. The Morgan fingerprint density at radius 2 is 0.647 bits per heavy atom. The minimum absolute atomic E-state index is 0.133. The number of aromatic nitrogens is 2. The molecular formula is C70H76N2O11Si2. The van der Waals surface area contributed by atoms with Crippen LogP contribution < -0.4 is 53.4 Å². The Morgan fingerprint density at radius 3 is 0.976 bits per heavy atom. The van der Waals surface area contributed by atoms with Crippen LogP contribution >= 0.6 is 0 Å². The molecule has 0 fully saturated rings. The molecule has 440 valence electrons. The van der Waals surface area contributed by atoms with Crippen LogP contribution in [0.4, 0.5) is 0 Å². The van der Waals surface area contributed by atoms with E-state index < -0.39 is 38.9 Å². The predicted molar refractivity (Wildman–Crippen MR) is 352 cm³/mol. The Morgan fingerprint density at radius 1 is 0.353 bits per heavy atom. The number of fused-ring (bicyclic) bond motifs is 6. The summed E-state index contributed by atoms with van der Waals surface area (Å²) in [4.78, 5) is 110. The maximum absolute atomic E-state index is 14.0. The van der Waals surface area contributed by atoms with E-state index >= 15 is 0 Å². The third-order valence-electron chi connectivity index (χ3n) is 17.4. The molecule has 13 nitrogen and oxygen atoms in total. The van der Waals surface area contributed by atoms with E-state index in [9.17, 15) is 38.4 Å². The lowest BCUT2D eigenvalue weighted by atomic mass is 9.96. The van der Waals surface area contributed by atoms with Gasteiger partial charge in [-0.1, -0.05) is 115 Å². The molecule has 0 amide bonds. The van der Waals surface area contributed by atoms with Gasteiger partial charge in [0.25, 0.3) is 22.2 Å². The van der Waals surface area contributed by atoms with Gasteiger partial charge >= 0.3 is 0 Å². The number of unbranched alkanes of at least 4 members (excludes halogenated alkanes) is 6. The summed E-state index contributed by atoms with van der Waals surface area (Å²) in [5.74, 6) is 2.40. The van der Waals surface area contributed by atoms with Gasteiger partial charge in [-0.25, -0.2) is 0 Å². The van der Waals surface area contributed by atoms with Gasteiger partial charge in [-0.05, 0) is 158 Å². The molecule has 8 aromatic carbocycles. The Balaban J connectivity index is 0.691. The third-order valence-corrected chi connectivity index (χ3v) is 25.0. The second-order valence-electron chi connectivity index (χ2n) is 24.9. The lowest BCUT2D eigenvalue weighted by Crippen LogP contribution is -2.44. The minimum atomic E-state index is -2.01. The highest BCUT2D eigenvalue weighted by Gasteiger charge is 2.32. The zero-order chi connectivity index (χ0) is 60.5. The second kappa shape index (κ2) is 25.1. The predicted octanol–water partition coefficient (Wildman–Crippen LogP) is 13.3. The van der Waals surface area contributed by atoms with Gasteiger partial charge in [-0.2, -0.15) is 0 Å². The van der Waals surface area contributed by atoms with Gasteiger partial charge < -0.3 is 13.6 Å². The van der Waals surface area contributed by atoms with Crippen LogP contribution in [0.25, 0.3) is 86.9 Å². The van der Waals surface area contributed by atoms with Crippen LogP contribution in [0.2, 0.25) is 38.3 Å². The number of rotatable bonds is 26. The summed E-state index contributed by atoms with van der Waals surface area (Å²) in [7, 11) is -4.03. The molecule has 0 spiro atoms. The van der Waals surface area contributed by atoms with E-state index in [0.717, 1.165) is 97.2 Å². The van der Waals surface area contributed by atoms with E-state index in [4.69, 9.17) is 13.6 Å². The Labute approximate surface area is 495 Å². The van der Waals surface area contributed by atoms with Crippen molar-refractivity contribution in [3.63, 3.8) is 0 Å². The largest absolute Gasteiger partial charge is 0.493 e. The highest BCUT2D eigenvalue weighted by molar-refractivity contribution is 6.84. The van der Waals surface area contributed by atoms with E-state index in [-0.39, 0.29) is 99.4 Å². The van der Waals surface area contributed by atoms with E-state index in [1.54, 1.807) is 24.3 Å². The molecule has 0 aliphatic rings. The fourth-order valence-corrected chi connectivity index (χ4v) is 21.0. The second-order valence-corrected chi connectivity index (χ2v) is 33.8. The Kier molecular flexibility index (Phi) is 17.8. The van der Waals surface area contributed by atoms with E-state index in [2.05, 4.69) is 53.9 Å². The average molecular weight is 1180 g/mol. The number of nitrogens with zero attached hydrogens (tertiary/aromatic N) is 2. The zero-order valence-electron chi connectivity index (χ0n) is 50.2. The summed E-state index contributed by atoms with van der Waals surface area (Å²) in [6.45, 7) is 19.3. The third kappa shape index (κ3) is 12.7. The van der Waals surface area contributed by atoms with Crippen molar-refractivity contribution < 1.29 is 13.6 Å². The fourth-order valence-electron chi connectivity index (χ4n) is 12.0. The van der Waals surface area contributed by atoms with Crippen LogP contribution in [-0.4, -0.2) is 39.0 Å². The van der Waals surface area contributed by atoms with Crippen molar-refractivity contribution in [1.82, 2.24) is 9.13 Å². The minimum Gasteiger partial charge on any atom is -0.493 e. The smallest absolute Gasteiger partial charge is 0.261 e. The van der Waals surface area contributed by atoms with Crippen LogP contribution in [0.1, 0.15) is 91.9 Å². The van der Waals surface area contributed by atoms with Gasteiger partial charge in [-0.3, -0.25) is 47.5 Å². The number of hydrogen-bond donors (Lipinski definition) is 0. The lowest BCUT2D eigenvalue weighted by Gasteiger charge is -2.34. The first-order valence-corrected chi connectivity index (χ1v) is 36.6. The molecule has 2 heterocycles. The van der Waals surface area contributed by atoms with Crippen molar-refractivity contribution in [1.29, 1.82) is 0 Å². The van der Waals surface area contributed by atoms with E-state index in [1.807, 2.05) is 60.7 Å². The molecule has 2 atom stereocenters. The van der Waals surface area contributed by atoms with Crippen molar-refractivity contribution in [3.05, 3.63) is 192 Å². The van der Waals surface area contributed by atoms with E-state index in [1.165, 1.54) is 33.4 Å². The first kappa shape index (κ1) is 60.4.